The van der Waals surface area contributed by atoms with Crippen LogP contribution in [0.4, 0.5) is 9.93 Å². The summed E-state index contributed by atoms with van der Waals surface area (Å²) in [5.74, 6) is 0. The number of hydrogen-bond acceptors (Lipinski definition) is 3. The molecule has 1 saturated carbocycles. The number of nitrogens with one attached hydrogen (secondary N) is 2. The van der Waals surface area contributed by atoms with Gasteiger partial charge in [0.25, 0.3) is 0 Å². The smallest absolute Gasteiger partial charge is 0.321 e. The van der Waals surface area contributed by atoms with Gasteiger partial charge in [-0.15, -0.1) is 11.3 Å². The quantitative estimate of drug-likeness (QED) is 0.850. The Morgan fingerprint density at radius 1 is 1.29 bits per heavy atom. The summed E-state index contributed by atoms with van der Waals surface area (Å²) in [6.07, 6.45) is 5.94. The number of anilines is 1. The zero-order valence-corrected chi connectivity index (χ0v) is 11.2. The lowest BCUT2D eigenvalue weighted by molar-refractivity contribution is 0.244. The highest BCUT2D eigenvalue weighted by molar-refractivity contribution is 7.15. The zero-order chi connectivity index (χ0) is 12.3. The first-order valence-corrected chi connectivity index (χ1v) is 6.98. The highest BCUT2D eigenvalue weighted by atomic mass is 32.1. The Hall–Kier alpha value is -1.10. The average Bonchev–Trinajstić information content (AvgIpc) is 2.59. The fraction of sp³-hybridized carbons (Fsp3) is 0.667. The van der Waals surface area contributed by atoms with Gasteiger partial charge in [-0.25, -0.2) is 9.78 Å². The standard InChI is InChI=1S/C12H19N3OS/c1-8-9(2)17-12(13-8)15-11(16)14-10-6-4-3-5-7-10/h10H,3-7H2,1-2H3,(H2,13,14,15,16). The molecular weight excluding hydrogens is 234 g/mol. The number of aryl methyl sites for hydroxylation is 2. The predicted molar refractivity (Wildman–Crippen MR) is 70.6 cm³/mol. The third-order valence-corrected chi connectivity index (χ3v) is 4.18. The van der Waals surface area contributed by atoms with Crippen LogP contribution in [0.2, 0.25) is 0 Å². The van der Waals surface area contributed by atoms with Crippen molar-refractivity contribution in [3.63, 3.8) is 0 Å². The van der Waals surface area contributed by atoms with Crippen LogP contribution < -0.4 is 10.6 Å². The molecule has 0 radical (unpaired) electrons. The van der Waals surface area contributed by atoms with E-state index >= 15 is 0 Å². The lowest BCUT2D eigenvalue weighted by Crippen LogP contribution is -2.38. The second-order valence-corrected chi connectivity index (χ2v) is 5.80. The number of hydrogen-bond donors (Lipinski definition) is 2. The van der Waals surface area contributed by atoms with E-state index in [2.05, 4.69) is 15.6 Å². The maximum atomic E-state index is 11.7. The Balaban J connectivity index is 1.84. The molecule has 1 aromatic heterocycles. The molecule has 94 valence electrons. The van der Waals surface area contributed by atoms with Gasteiger partial charge in [0.15, 0.2) is 5.13 Å². The second kappa shape index (κ2) is 5.49. The van der Waals surface area contributed by atoms with Gasteiger partial charge in [0.05, 0.1) is 5.69 Å². The van der Waals surface area contributed by atoms with Crippen molar-refractivity contribution in [3.05, 3.63) is 10.6 Å². The van der Waals surface area contributed by atoms with Crippen LogP contribution in [-0.4, -0.2) is 17.1 Å². The molecule has 0 unspecified atom stereocenters. The second-order valence-electron chi connectivity index (χ2n) is 4.59. The molecule has 1 aliphatic rings. The number of carbonyl (C=O) groups is 1. The van der Waals surface area contributed by atoms with Crippen molar-refractivity contribution in [3.8, 4) is 0 Å². The summed E-state index contributed by atoms with van der Waals surface area (Å²) < 4.78 is 0. The van der Waals surface area contributed by atoms with Gasteiger partial charge in [0, 0.05) is 10.9 Å². The molecule has 1 heterocycles. The number of aromatic nitrogens is 1. The molecule has 1 aromatic rings. The van der Waals surface area contributed by atoms with E-state index in [-0.39, 0.29) is 6.03 Å². The van der Waals surface area contributed by atoms with E-state index < -0.39 is 0 Å². The first-order chi connectivity index (χ1) is 8.15. The number of amides is 2. The first kappa shape index (κ1) is 12.4. The first-order valence-electron chi connectivity index (χ1n) is 6.16. The van der Waals surface area contributed by atoms with Crippen molar-refractivity contribution in [2.24, 2.45) is 0 Å². The minimum absolute atomic E-state index is 0.120. The van der Waals surface area contributed by atoms with E-state index in [0.717, 1.165) is 23.4 Å². The summed E-state index contributed by atoms with van der Waals surface area (Å²) >= 11 is 1.52. The molecule has 2 rings (SSSR count). The van der Waals surface area contributed by atoms with Crippen LogP contribution in [0.1, 0.15) is 42.7 Å². The van der Waals surface area contributed by atoms with Crippen molar-refractivity contribution < 1.29 is 4.79 Å². The van der Waals surface area contributed by atoms with Gasteiger partial charge in [-0.3, -0.25) is 5.32 Å². The molecule has 1 fully saturated rings. The van der Waals surface area contributed by atoms with Gasteiger partial charge in [-0.1, -0.05) is 19.3 Å². The maximum Gasteiger partial charge on any atom is 0.321 e. The van der Waals surface area contributed by atoms with Crippen LogP contribution in [0.5, 0.6) is 0 Å². The number of urea groups is 1. The number of rotatable bonds is 2. The number of carbonyl (C=O) groups excluding carboxylic acids is 1. The van der Waals surface area contributed by atoms with Gasteiger partial charge in [-0.05, 0) is 26.7 Å². The van der Waals surface area contributed by atoms with Crippen LogP contribution in [0.15, 0.2) is 0 Å². The molecule has 2 amide bonds. The predicted octanol–water partition coefficient (Wildman–Crippen LogP) is 3.21. The Morgan fingerprint density at radius 3 is 2.59 bits per heavy atom. The number of nitrogens with zero attached hydrogens (tertiary/aromatic N) is 1. The highest BCUT2D eigenvalue weighted by Gasteiger charge is 2.16. The molecule has 5 heteroatoms. The zero-order valence-electron chi connectivity index (χ0n) is 10.4. The fourth-order valence-corrected chi connectivity index (χ4v) is 2.90. The molecule has 0 aromatic carbocycles. The summed E-state index contributed by atoms with van der Waals surface area (Å²) in [4.78, 5) is 17.2. The Bertz CT molecular complexity index is 377. The number of thiazole rings is 1. The maximum absolute atomic E-state index is 11.7. The minimum atomic E-state index is -0.120. The molecular formula is C12H19N3OS. The molecule has 0 bridgehead atoms. The van der Waals surface area contributed by atoms with Crippen LogP contribution in [0, 0.1) is 13.8 Å². The summed E-state index contributed by atoms with van der Waals surface area (Å²) in [5, 5.41) is 6.51. The summed E-state index contributed by atoms with van der Waals surface area (Å²) in [5.41, 5.74) is 0.989. The van der Waals surface area contributed by atoms with Crippen LogP contribution in [0.3, 0.4) is 0 Å². The normalized spacial score (nSPS) is 16.8. The Kier molecular flexibility index (Phi) is 3.99. The van der Waals surface area contributed by atoms with Crippen molar-refractivity contribution in [2.75, 3.05) is 5.32 Å². The van der Waals surface area contributed by atoms with Crippen molar-refractivity contribution >= 4 is 22.5 Å². The third kappa shape index (κ3) is 3.43. The van der Waals surface area contributed by atoms with E-state index in [4.69, 9.17) is 0 Å². The molecule has 17 heavy (non-hydrogen) atoms. The minimum Gasteiger partial charge on any atom is -0.335 e. The van der Waals surface area contributed by atoms with E-state index in [1.807, 2.05) is 13.8 Å². The van der Waals surface area contributed by atoms with E-state index in [0.29, 0.717) is 11.2 Å². The molecule has 0 atom stereocenters. The molecule has 0 saturated heterocycles. The van der Waals surface area contributed by atoms with Gasteiger partial charge in [-0.2, -0.15) is 0 Å². The van der Waals surface area contributed by atoms with Crippen molar-refractivity contribution in [2.45, 2.75) is 52.0 Å². The van der Waals surface area contributed by atoms with E-state index in [1.165, 1.54) is 30.6 Å². The monoisotopic (exact) mass is 253 g/mol. The fourth-order valence-electron chi connectivity index (χ4n) is 2.09. The molecule has 2 N–H and O–H groups in total. The van der Waals surface area contributed by atoms with Crippen LogP contribution >= 0.6 is 11.3 Å². The molecule has 4 nitrogen and oxygen atoms in total. The average molecular weight is 253 g/mol. The van der Waals surface area contributed by atoms with Crippen molar-refractivity contribution in [1.82, 2.24) is 10.3 Å². The largest absolute Gasteiger partial charge is 0.335 e. The topological polar surface area (TPSA) is 54.0 Å². The molecule has 1 aliphatic carbocycles. The summed E-state index contributed by atoms with van der Waals surface area (Å²) in [6, 6.07) is 0.219. The van der Waals surface area contributed by atoms with Crippen molar-refractivity contribution in [1.29, 1.82) is 0 Å². The Morgan fingerprint density at radius 2 is 2.00 bits per heavy atom. The van der Waals surface area contributed by atoms with E-state index in [9.17, 15) is 4.79 Å². The molecule has 0 aliphatic heterocycles. The van der Waals surface area contributed by atoms with Gasteiger partial charge < -0.3 is 5.32 Å². The lowest BCUT2D eigenvalue weighted by Gasteiger charge is -2.22. The lowest BCUT2D eigenvalue weighted by atomic mass is 9.96. The highest BCUT2D eigenvalue weighted by Crippen LogP contribution is 2.21. The van der Waals surface area contributed by atoms with Crippen LogP contribution in [-0.2, 0) is 0 Å². The molecule has 0 spiro atoms. The summed E-state index contributed by atoms with van der Waals surface area (Å²) in [7, 11) is 0. The van der Waals surface area contributed by atoms with Gasteiger partial charge in [0.2, 0.25) is 0 Å². The summed E-state index contributed by atoms with van der Waals surface area (Å²) in [6.45, 7) is 3.97. The SMILES string of the molecule is Cc1nc(NC(=O)NC2CCCCC2)sc1C. The van der Waals surface area contributed by atoms with Gasteiger partial charge in [0.1, 0.15) is 0 Å². The van der Waals surface area contributed by atoms with Crippen LogP contribution in [0.25, 0.3) is 0 Å². The Labute approximate surface area is 106 Å². The third-order valence-electron chi connectivity index (χ3n) is 3.19. The van der Waals surface area contributed by atoms with Gasteiger partial charge >= 0.3 is 6.03 Å². The van der Waals surface area contributed by atoms with E-state index in [1.54, 1.807) is 0 Å².